The highest BCUT2D eigenvalue weighted by atomic mass is 32.2. The van der Waals surface area contributed by atoms with E-state index in [1.54, 1.807) is 9.80 Å². The SMILES string of the molecule is C=CC(=O)N1CCN(c2nc(=O)n3c4c(c(-c5ccc(F)cc5F)c(C(F)(F)F)cc24)SC[C@@H]3CN2CCN(C3COC3)CC2)[C@@H](C)C1. The van der Waals surface area contributed by atoms with Gasteiger partial charge in [0.2, 0.25) is 5.91 Å². The molecule has 256 valence electrons. The predicted octanol–water partition coefficient (Wildman–Crippen LogP) is 4.25. The van der Waals surface area contributed by atoms with Crippen LogP contribution in [-0.4, -0.2) is 114 Å². The topological polar surface area (TPSA) is 74.2 Å². The van der Waals surface area contributed by atoms with Crippen molar-refractivity contribution < 1.29 is 31.5 Å². The Balaban J connectivity index is 1.37. The molecule has 9 nitrogen and oxygen atoms in total. The van der Waals surface area contributed by atoms with Gasteiger partial charge < -0.3 is 14.5 Å². The molecule has 5 heterocycles. The van der Waals surface area contributed by atoms with Gasteiger partial charge in [-0.15, -0.1) is 11.8 Å². The number of hydrogen-bond acceptors (Lipinski definition) is 8. The fourth-order valence-corrected chi connectivity index (χ4v) is 8.60. The van der Waals surface area contributed by atoms with Crippen LogP contribution in [0.25, 0.3) is 22.0 Å². The van der Waals surface area contributed by atoms with Crippen LogP contribution in [0.1, 0.15) is 18.5 Å². The van der Waals surface area contributed by atoms with Crippen LogP contribution in [0.4, 0.5) is 27.8 Å². The molecule has 4 aliphatic heterocycles. The summed E-state index contributed by atoms with van der Waals surface area (Å²) in [6.45, 7) is 11.2. The maximum absolute atomic E-state index is 15.3. The Morgan fingerprint density at radius 1 is 1.10 bits per heavy atom. The number of amides is 1. The zero-order chi connectivity index (χ0) is 33.9. The van der Waals surface area contributed by atoms with E-state index >= 15 is 4.39 Å². The predicted molar refractivity (Wildman–Crippen MR) is 172 cm³/mol. The van der Waals surface area contributed by atoms with E-state index in [0.717, 1.165) is 69.4 Å². The summed E-state index contributed by atoms with van der Waals surface area (Å²) in [5, 5.41) is 0.116. The molecule has 2 aromatic carbocycles. The van der Waals surface area contributed by atoms with Crippen LogP contribution in [0.5, 0.6) is 0 Å². The normalized spacial score (nSPS) is 22.6. The lowest BCUT2D eigenvalue weighted by molar-refractivity contribution is -0.137. The first-order chi connectivity index (χ1) is 22.9. The first-order valence-electron chi connectivity index (χ1n) is 16.0. The van der Waals surface area contributed by atoms with E-state index in [1.807, 2.05) is 6.92 Å². The number of aromatic nitrogens is 2. The molecule has 15 heteroatoms. The second-order valence-corrected chi connectivity index (χ2v) is 13.8. The third-order valence-electron chi connectivity index (χ3n) is 9.83. The molecule has 48 heavy (non-hydrogen) atoms. The Labute approximate surface area is 277 Å². The van der Waals surface area contributed by atoms with Crippen molar-refractivity contribution in [2.24, 2.45) is 0 Å². The van der Waals surface area contributed by atoms with Crippen molar-refractivity contribution in [3.8, 4) is 11.1 Å². The van der Waals surface area contributed by atoms with Crippen LogP contribution >= 0.6 is 11.8 Å². The van der Waals surface area contributed by atoms with Gasteiger partial charge in [0, 0.05) is 91.6 Å². The molecule has 3 fully saturated rings. The van der Waals surface area contributed by atoms with Gasteiger partial charge in [-0.25, -0.2) is 13.6 Å². The lowest BCUT2D eigenvalue weighted by Gasteiger charge is -2.44. The summed E-state index contributed by atoms with van der Waals surface area (Å²) in [6, 6.07) is 3.07. The summed E-state index contributed by atoms with van der Waals surface area (Å²) in [4.78, 5) is 38.9. The van der Waals surface area contributed by atoms with Gasteiger partial charge in [0.25, 0.3) is 0 Å². The van der Waals surface area contributed by atoms with Crippen LogP contribution in [-0.2, 0) is 15.7 Å². The number of anilines is 1. The molecule has 1 aromatic heterocycles. The number of alkyl halides is 3. The van der Waals surface area contributed by atoms with Crippen molar-refractivity contribution in [1.82, 2.24) is 24.3 Å². The molecular formula is C33H35F5N6O3S. The van der Waals surface area contributed by atoms with E-state index < -0.39 is 46.2 Å². The lowest BCUT2D eigenvalue weighted by atomic mass is 9.95. The number of ether oxygens (including phenoxy) is 1. The Hall–Kier alpha value is -3.53. The van der Waals surface area contributed by atoms with E-state index in [9.17, 15) is 27.2 Å². The lowest BCUT2D eigenvalue weighted by Crippen LogP contribution is -2.57. The minimum atomic E-state index is -4.91. The summed E-state index contributed by atoms with van der Waals surface area (Å²) in [7, 11) is 0. The van der Waals surface area contributed by atoms with E-state index in [2.05, 4.69) is 21.4 Å². The molecular weight excluding hydrogens is 655 g/mol. The summed E-state index contributed by atoms with van der Waals surface area (Å²) in [5.74, 6) is -1.97. The number of hydrogen-bond donors (Lipinski definition) is 0. The fraction of sp³-hybridized carbons (Fsp3) is 0.485. The maximum atomic E-state index is 15.3. The average molecular weight is 691 g/mol. The van der Waals surface area contributed by atoms with Crippen LogP contribution < -0.4 is 10.6 Å². The second kappa shape index (κ2) is 12.7. The average Bonchev–Trinajstić information content (AvgIpc) is 3.02. The van der Waals surface area contributed by atoms with Crippen molar-refractivity contribution in [2.45, 2.75) is 36.1 Å². The molecule has 0 bridgehead atoms. The minimum absolute atomic E-state index is 0.0833. The molecule has 2 atom stereocenters. The molecule has 0 aliphatic carbocycles. The van der Waals surface area contributed by atoms with Gasteiger partial charge in [-0.2, -0.15) is 18.2 Å². The van der Waals surface area contributed by atoms with Gasteiger partial charge >= 0.3 is 11.9 Å². The number of thioether (sulfide) groups is 1. The Kier molecular flexibility index (Phi) is 8.75. The third-order valence-corrected chi connectivity index (χ3v) is 11.1. The van der Waals surface area contributed by atoms with Crippen molar-refractivity contribution in [2.75, 3.05) is 76.2 Å². The van der Waals surface area contributed by atoms with Gasteiger partial charge in [0.15, 0.2) is 0 Å². The monoisotopic (exact) mass is 690 g/mol. The largest absolute Gasteiger partial charge is 0.417 e. The standard InChI is InChI=1S/C33H35F5N6O3S/c1-3-27(45)42-10-11-43(19(2)14-42)31-24-13-25(33(36,37)38)28(23-5-4-20(34)12-26(23)35)30-29(24)44(32(46)39-31)21(18-48-30)15-40-6-8-41(9-7-40)22-16-47-17-22/h3-5,12-13,19,21-22H,1,6-11,14-18H2,2H3/t19-,21-/m0/s1. The summed E-state index contributed by atoms with van der Waals surface area (Å²) >= 11 is 1.15. The number of carbonyl (C=O) groups excluding carboxylic acids is 1. The molecule has 3 saturated heterocycles. The highest BCUT2D eigenvalue weighted by Crippen LogP contribution is 2.50. The number of piperazine rings is 2. The maximum Gasteiger partial charge on any atom is 0.417 e. The molecule has 0 spiro atoms. The minimum Gasteiger partial charge on any atom is -0.378 e. The van der Waals surface area contributed by atoms with Crippen molar-refractivity contribution >= 4 is 34.4 Å². The third kappa shape index (κ3) is 5.88. The van der Waals surface area contributed by atoms with E-state index in [1.165, 1.54) is 10.6 Å². The molecule has 1 amide bonds. The van der Waals surface area contributed by atoms with Crippen molar-refractivity contribution in [3.05, 3.63) is 64.6 Å². The molecule has 7 rings (SSSR count). The molecule has 0 saturated carbocycles. The fourth-order valence-electron chi connectivity index (χ4n) is 7.27. The molecule has 0 N–H and O–H groups in total. The number of carbonyl (C=O) groups is 1. The zero-order valence-corrected chi connectivity index (χ0v) is 27.1. The molecule has 0 unspecified atom stereocenters. The van der Waals surface area contributed by atoms with Crippen LogP contribution in [0, 0.1) is 11.6 Å². The molecule has 0 radical (unpaired) electrons. The zero-order valence-electron chi connectivity index (χ0n) is 26.3. The van der Waals surface area contributed by atoms with E-state index in [4.69, 9.17) is 4.74 Å². The number of benzene rings is 2. The smallest absolute Gasteiger partial charge is 0.378 e. The van der Waals surface area contributed by atoms with Crippen LogP contribution in [0.15, 0.2) is 46.6 Å². The van der Waals surface area contributed by atoms with E-state index in [-0.39, 0.29) is 59.0 Å². The summed E-state index contributed by atoms with van der Waals surface area (Å²) < 4.78 is 80.9. The number of nitrogens with zero attached hydrogens (tertiary/aromatic N) is 6. The van der Waals surface area contributed by atoms with E-state index in [0.29, 0.717) is 18.7 Å². The first-order valence-corrected chi connectivity index (χ1v) is 16.9. The molecule has 3 aromatic rings. The Morgan fingerprint density at radius 2 is 1.85 bits per heavy atom. The Bertz CT molecular complexity index is 1820. The summed E-state index contributed by atoms with van der Waals surface area (Å²) in [5.41, 5.74) is -2.28. The van der Waals surface area contributed by atoms with Crippen molar-refractivity contribution in [1.29, 1.82) is 0 Å². The molecule has 4 aliphatic rings. The first kappa shape index (κ1) is 33.0. The second-order valence-electron chi connectivity index (χ2n) is 12.8. The highest BCUT2D eigenvalue weighted by molar-refractivity contribution is 7.99. The van der Waals surface area contributed by atoms with Gasteiger partial charge in [0.05, 0.1) is 36.4 Å². The van der Waals surface area contributed by atoms with Gasteiger partial charge in [-0.05, 0) is 31.2 Å². The number of rotatable bonds is 6. The van der Waals surface area contributed by atoms with Gasteiger partial charge in [-0.3, -0.25) is 19.2 Å². The quantitative estimate of drug-likeness (QED) is 0.281. The van der Waals surface area contributed by atoms with Crippen LogP contribution in [0.2, 0.25) is 0 Å². The van der Waals surface area contributed by atoms with Crippen LogP contribution in [0.3, 0.4) is 0 Å². The van der Waals surface area contributed by atoms with Crippen molar-refractivity contribution in [3.63, 3.8) is 0 Å². The highest BCUT2D eigenvalue weighted by Gasteiger charge is 2.41. The van der Waals surface area contributed by atoms with Gasteiger partial charge in [-0.1, -0.05) is 6.58 Å². The summed E-state index contributed by atoms with van der Waals surface area (Å²) in [6.07, 6.45) is -3.71. The van der Waals surface area contributed by atoms with Gasteiger partial charge in [0.1, 0.15) is 17.5 Å². The Morgan fingerprint density at radius 3 is 2.48 bits per heavy atom. The number of halogens is 5.